The minimum absolute atomic E-state index is 0.327. The van der Waals surface area contributed by atoms with Crippen molar-refractivity contribution in [3.05, 3.63) is 23.7 Å². The van der Waals surface area contributed by atoms with E-state index in [0.717, 1.165) is 31.0 Å². The first-order chi connectivity index (χ1) is 7.37. The summed E-state index contributed by atoms with van der Waals surface area (Å²) < 4.78 is 5.75. The molecule has 2 heteroatoms. The monoisotopic (exact) mass is 223 g/mol. The van der Waals surface area contributed by atoms with E-state index in [9.17, 15) is 0 Å². The van der Waals surface area contributed by atoms with Gasteiger partial charge in [0, 0.05) is 13.0 Å². The van der Waals surface area contributed by atoms with E-state index < -0.39 is 0 Å². The van der Waals surface area contributed by atoms with Crippen molar-refractivity contribution in [2.75, 3.05) is 6.54 Å². The Morgan fingerprint density at radius 2 is 1.81 bits per heavy atom. The molecular weight excluding hydrogens is 198 g/mol. The van der Waals surface area contributed by atoms with Crippen LogP contribution in [-0.4, -0.2) is 6.54 Å². The first-order valence-electron chi connectivity index (χ1n) is 6.15. The van der Waals surface area contributed by atoms with Crippen molar-refractivity contribution in [2.24, 2.45) is 11.3 Å². The van der Waals surface area contributed by atoms with Crippen LogP contribution in [0.4, 0.5) is 0 Å². The average Bonchev–Trinajstić information content (AvgIpc) is 2.49. The second kappa shape index (κ2) is 5.53. The summed E-state index contributed by atoms with van der Waals surface area (Å²) in [4.78, 5) is 0. The van der Waals surface area contributed by atoms with E-state index in [1.807, 2.05) is 0 Å². The summed E-state index contributed by atoms with van der Waals surface area (Å²) in [6, 6.07) is 4.17. The van der Waals surface area contributed by atoms with Gasteiger partial charge in [0.1, 0.15) is 11.5 Å². The lowest BCUT2D eigenvalue weighted by Gasteiger charge is -2.18. The largest absolute Gasteiger partial charge is 0.465 e. The zero-order valence-electron chi connectivity index (χ0n) is 11.3. The van der Waals surface area contributed by atoms with Crippen LogP contribution < -0.4 is 5.32 Å². The number of furan rings is 1. The van der Waals surface area contributed by atoms with Crippen molar-refractivity contribution in [1.82, 2.24) is 5.32 Å². The van der Waals surface area contributed by atoms with Gasteiger partial charge in [0.2, 0.25) is 0 Å². The number of hydrogen-bond donors (Lipinski definition) is 1. The molecule has 0 unspecified atom stereocenters. The molecule has 1 aromatic heterocycles. The molecule has 0 radical (unpaired) electrons. The summed E-state index contributed by atoms with van der Waals surface area (Å²) in [6.07, 6.45) is 1.03. The molecule has 2 nitrogen and oxygen atoms in total. The molecule has 0 fully saturated rings. The van der Waals surface area contributed by atoms with E-state index in [-0.39, 0.29) is 0 Å². The highest BCUT2D eigenvalue weighted by Gasteiger charge is 2.10. The first kappa shape index (κ1) is 13.3. The quantitative estimate of drug-likeness (QED) is 0.825. The van der Waals surface area contributed by atoms with Crippen molar-refractivity contribution < 1.29 is 4.42 Å². The highest BCUT2D eigenvalue weighted by atomic mass is 16.3. The van der Waals surface area contributed by atoms with Gasteiger partial charge in [0.15, 0.2) is 0 Å². The highest BCUT2D eigenvalue weighted by Crippen LogP contribution is 2.14. The molecule has 1 rings (SSSR count). The Balaban J connectivity index is 2.35. The minimum Gasteiger partial charge on any atom is -0.465 e. The van der Waals surface area contributed by atoms with Crippen LogP contribution in [0, 0.1) is 11.3 Å². The third kappa shape index (κ3) is 5.36. The highest BCUT2D eigenvalue weighted by molar-refractivity contribution is 5.07. The Labute approximate surface area is 99.4 Å². The summed E-state index contributed by atoms with van der Waals surface area (Å²) >= 11 is 0. The molecule has 0 spiro atoms. The van der Waals surface area contributed by atoms with E-state index in [0.29, 0.717) is 11.3 Å². The van der Waals surface area contributed by atoms with Crippen LogP contribution in [0.5, 0.6) is 0 Å². The summed E-state index contributed by atoms with van der Waals surface area (Å²) in [5, 5.41) is 3.41. The molecule has 0 saturated carbocycles. The molecule has 0 aliphatic carbocycles. The van der Waals surface area contributed by atoms with E-state index in [2.05, 4.69) is 52.1 Å². The van der Waals surface area contributed by atoms with Crippen molar-refractivity contribution in [3.8, 4) is 0 Å². The Kier molecular flexibility index (Phi) is 4.60. The van der Waals surface area contributed by atoms with Gasteiger partial charge in [-0.25, -0.2) is 0 Å². The van der Waals surface area contributed by atoms with Gasteiger partial charge < -0.3 is 9.73 Å². The third-order valence-electron chi connectivity index (χ3n) is 2.28. The second-order valence-electron chi connectivity index (χ2n) is 6.13. The Bertz CT molecular complexity index is 307. The van der Waals surface area contributed by atoms with Gasteiger partial charge in [0.25, 0.3) is 0 Å². The molecule has 1 N–H and O–H groups in total. The van der Waals surface area contributed by atoms with Crippen molar-refractivity contribution >= 4 is 0 Å². The zero-order chi connectivity index (χ0) is 12.2. The maximum Gasteiger partial charge on any atom is 0.117 e. The summed E-state index contributed by atoms with van der Waals surface area (Å²) in [6.45, 7) is 12.9. The summed E-state index contributed by atoms with van der Waals surface area (Å²) in [5.74, 6) is 2.80. The molecule has 0 saturated heterocycles. The Hall–Kier alpha value is -0.760. The number of nitrogens with one attached hydrogen (secondary N) is 1. The predicted molar refractivity (Wildman–Crippen MR) is 68.4 cm³/mol. The third-order valence-corrected chi connectivity index (χ3v) is 2.28. The second-order valence-corrected chi connectivity index (χ2v) is 6.13. The van der Waals surface area contributed by atoms with Gasteiger partial charge >= 0.3 is 0 Å². The summed E-state index contributed by atoms with van der Waals surface area (Å²) in [5.41, 5.74) is 0.327. The summed E-state index contributed by atoms with van der Waals surface area (Å²) in [7, 11) is 0. The fraction of sp³-hybridized carbons (Fsp3) is 0.714. The molecule has 0 aliphatic rings. The predicted octanol–water partition coefficient (Wildman–Crippen LogP) is 3.61. The molecule has 1 heterocycles. The van der Waals surface area contributed by atoms with Crippen LogP contribution in [-0.2, 0) is 13.0 Å². The maximum absolute atomic E-state index is 5.75. The van der Waals surface area contributed by atoms with Gasteiger partial charge in [-0.1, -0.05) is 34.6 Å². The van der Waals surface area contributed by atoms with Crippen molar-refractivity contribution in [1.29, 1.82) is 0 Å². The number of hydrogen-bond acceptors (Lipinski definition) is 2. The van der Waals surface area contributed by atoms with Gasteiger partial charge in [-0.15, -0.1) is 0 Å². The van der Waals surface area contributed by atoms with Crippen LogP contribution in [0.3, 0.4) is 0 Å². The standard InChI is InChI=1S/C14H25NO/c1-11(2)8-12-6-7-13(16-12)9-15-10-14(3,4)5/h6-7,11,15H,8-10H2,1-5H3. The Morgan fingerprint density at radius 3 is 2.38 bits per heavy atom. The van der Waals surface area contributed by atoms with Crippen LogP contribution in [0.1, 0.15) is 46.1 Å². The SMILES string of the molecule is CC(C)Cc1ccc(CNCC(C)(C)C)o1. The minimum atomic E-state index is 0.327. The van der Waals surface area contributed by atoms with Gasteiger partial charge in [-0.3, -0.25) is 0 Å². The zero-order valence-corrected chi connectivity index (χ0v) is 11.3. The first-order valence-corrected chi connectivity index (χ1v) is 6.15. The topological polar surface area (TPSA) is 25.2 Å². The molecule has 0 amide bonds. The molecule has 1 aromatic rings. The Morgan fingerprint density at radius 1 is 1.19 bits per heavy atom. The molecule has 0 aromatic carbocycles. The lowest BCUT2D eigenvalue weighted by molar-refractivity contribution is 0.361. The fourth-order valence-electron chi connectivity index (χ4n) is 1.59. The fourth-order valence-corrected chi connectivity index (χ4v) is 1.59. The van der Waals surface area contributed by atoms with E-state index in [1.165, 1.54) is 0 Å². The van der Waals surface area contributed by atoms with Gasteiger partial charge in [-0.2, -0.15) is 0 Å². The van der Waals surface area contributed by atoms with Gasteiger partial charge in [0.05, 0.1) is 6.54 Å². The smallest absolute Gasteiger partial charge is 0.117 e. The van der Waals surface area contributed by atoms with Crippen LogP contribution >= 0.6 is 0 Å². The normalized spacial score (nSPS) is 12.4. The lowest BCUT2D eigenvalue weighted by Crippen LogP contribution is -2.26. The van der Waals surface area contributed by atoms with Crippen molar-refractivity contribution in [3.63, 3.8) is 0 Å². The lowest BCUT2D eigenvalue weighted by atomic mass is 9.97. The molecular formula is C14H25NO. The van der Waals surface area contributed by atoms with E-state index in [1.54, 1.807) is 0 Å². The van der Waals surface area contributed by atoms with Gasteiger partial charge in [-0.05, 0) is 23.5 Å². The van der Waals surface area contributed by atoms with Crippen molar-refractivity contribution in [2.45, 2.75) is 47.6 Å². The number of rotatable bonds is 5. The maximum atomic E-state index is 5.75. The van der Waals surface area contributed by atoms with Crippen LogP contribution in [0.15, 0.2) is 16.5 Å². The molecule has 0 atom stereocenters. The molecule has 0 bridgehead atoms. The molecule has 92 valence electrons. The van der Waals surface area contributed by atoms with E-state index in [4.69, 9.17) is 4.42 Å². The molecule has 16 heavy (non-hydrogen) atoms. The van der Waals surface area contributed by atoms with E-state index >= 15 is 0 Å². The molecule has 0 aliphatic heterocycles. The van der Waals surface area contributed by atoms with Crippen LogP contribution in [0.25, 0.3) is 0 Å². The van der Waals surface area contributed by atoms with Crippen LogP contribution in [0.2, 0.25) is 0 Å². The average molecular weight is 223 g/mol.